The van der Waals surface area contributed by atoms with E-state index in [-0.39, 0.29) is 23.1 Å². The van der Waals surface area contributed by atoms with Gasteiger partial charge in [0.05, 0.1) is 11.8 Å². The van der Waals surface area contributed by atoms with Crippen LogP contribution in [-0.4, -0.2) is 47.4 Å². The number of carboxylic acids is 1. The molecule has 4 N–H and O–H groups in total. The first-order valence-corrected chi connectivity index (χ1v) is 7.77. The van der Waals surface area contributed by atoms with E-state index in [0.717, 1.165) is 12.8 Å². The van der Waals surface area contributed by atoms with Crippen molar-refractivity contribution in [3.63, 3.8) is 0 Å². The number of hydrogen-bond donors (Lipinski definition) is 4. The number of hydrogen-bond acceptors (Lipinski definition) is 5. The van der Waals surface area contributed by atoms with Crippen LogP contribution in [-0.2, 0) is 10.0 Å². The lowest BCUT2D eigenvalue weighted by molar-refractivity contribution is 0.0686. The third-order valence-electron chi connectivity index (χ3n) is 3.52. The summed E-state index contributed by atoms with van der Waals surface area (Å²) in [5.41, 5.74) is -0.358. The Morgan fingerprint density at radius 2 is 2.20 bits per heavy atom. The van der Waals surface area contributed by atoms with Crippen molar-refractivity contribution in [1.82, 2.24) is 14.9 Å². The molecule has 1 aromatic heterocycles. The molecular formula is C11H17N3O5S. The molecule has 0 amide bonds. The van der Waals surface area contributed by atoms with Crippen LogP contribution in [0.3, 0.4) is 0 Å². The van der Waals surface area contributed by atoms with Gasteiger partial charge in [0.2, 0.25) is 10.0 Å². The van der Waals surface area contributed by atoms with Crippen molar-refractivity contribution in [2.75, 3.05) is 6.54 Å². The molecule has 1 heterocycles. The molecular weight excluding hydrogens is 286 g/mol. The van der Waals surface area contributed by atoms with Crippen LogP contribution in [0.2, 0.25) is 0 Å². The smallest absolute Gasteiger partial charge is 0.357 e. The van der Waals surface area contributed by atoms with E-state index in [1.165, 1.54) is 6.92 Å². The normalized spacial score (nSPS) is 23.1. The quantitative estimate of drug-likeness (QED) is 0.598. The third-order valence-corrected chi connectivity index (χ3v) is 5.10. The molecule has 0 radical (unpaired) electrons. The first kappa shape index (κ1) is 14.9. The molecule has 112 valence electrons. The Morgan fingerprint density at radius 3 is 2.75 bits per heavy atom. The van der Waals surface area contributed by atoms with Gasteiger partial charge in [0.15, 0.2) is 5.69 Å². The van der Waals surface area contributed by atoms with Gasteiger partial charge in [-0.25, -0.2) is 17.9 Å². The zero-order valence-electron chi connectivity index (χ0n) is 11.0. The number of aromatic nitrogens is 2. The molecule has 0 saturated heterocycles. The van der Waals surface area contributed by atoms with Crippen LogP contribution in [0.4, 0.5) is 0 Å². The van der Waals surface area contributed by atoms with E-state index >= 15 is 0 Å². The fraction of sp³-hybridized carbons (Fsp3) is 0.636. The summed E-state index contributed by atoms with van der Waals surface area (Å²) in [5.74, 6) is -1.54. The van der Waals surface area contributed by atoms with Gasteiger partial charge in [-0.3, -0.25) is 5.10 Å². The van der Waals surface area contributed by atoms with E-state index in [4.69, 9.17) is 5.11 Å². The number of aromatic amines is 1. The van der Waals surface area contributed by atoms with Gasteiger partial charge in [-0.1, -0.05) is 6.42 Å². The van der Waals surface area contributed by atoms with Gasteiger partial charge in [0.25, 0.3) is 0 Å². The topological polar surface area (TPSA) is 132 Å². The number of sulfonamides is 1. The molecule has 1 saturated carbocycles. The van der Waals surface area contributed by atoms with Crippen LogP contribution >= 0.6 is 0 Å². The van der Waals surface area contributed by atoms with Crippen molar-refractivity contribution < 1.29 is 23.4 Å². The van der Waals surface area contributed by atoms with E-state index in [9.17, 15) is 18.3 Å². The number of carbonyl (C=O) groups is 1. The Bertz CT molecular complexity index is 610. The minimum absolute atomic E-state index is 0.0905. The first-order chi connectivity index (χ1) is 9.33. The highest BCUT2D eigenvalue weighted by molar-refractivity contribution is 7.89. The van der Waals surface area contributed by atoms with E-state index in [1.807, 2.05) is 0 Å². The summed E-state index contributed by atoms with van der Waals surface area (Å²) in [7, 11) is -3.97. The Balaban J connectivity index is 2.18. The summed E-state index contributed by atoms with van der Waals surface area (Å²) in [6.07, 6.45) is 1.76. The maximum Gasteiger partial charge on any atom is 0.357 e. The zero-order valence-corrected chi connectivity index (χ0v) is 11.8. The lowest BCUT2D eigenvalue weighted by Crippen LogP contribution is -2.33. The van der Waals surface area contributed by atoms with Crippen LogP contribution in [0, 0.1) is 12.8 Å². The Hall–Kier alpha value is -1.45. The minimum Gasteiger partial charge on any atom is -0.476 e. The number of aliphatic hydroxyl groups excluding tert-OH is 1. The summed E-state index contributed by atoms with van der Waals surface area (Å²) in [6, 6.07) is 0. The van der Waals surface area contributed by atoms with E-state index in [1.54, 1.807) is 0 Å². The lowest BCUT2D eigenvalue weighted by Gasteiger charge is -2.15. The molecule has 9 heteroatoms. The molecule has 1 fully saturated rings. The van der Waals surface area contributed by atoms with Gasteiger partial charge in [-0.15, -0.1) is 0 Å². The highest BCUT2D eigenvalue weighted by Gasteiger charge is 2.31. The van der Waals surface area contributed by atoms with E-state index in [2.05, 4.69) is 14.9 Å². The van der Waals surface area contributed by atoms with Crippen molar-refractivity contribution >= 4 is 16.0 Å². The summed E-state index contributed by atoms with van der Waals surface area (Å²) >= 11 is 0. The van der Waals surface area contributed by atoms with Crippen molar-refractivity contribution in [3.05, 3.63) is 11.4 Å². The summed E-state index contributed by atoms with van der Waals surface area (Å²) in [6.45, 7) is 1.53. The van der Waals surface area contributed by atoms with Crippen molar-refractivity contribution in [2.24, 2.45) is 5.92 Å². The van der Waals surface area contributed by atoms with Crippen LogP contribution in [0.1, 0.15) is 35.4 Å². The zero-order chi connectivity index (χ0) is 14.9. The fourth-order valence-corrected chi connectivity index (χ4v) is 3.85. The number of aromatic carboxylic acids is 1. The van der Waals surface area contributed by atoms with Crippen LogP contribution in [0.15, 0.2) is 4.90 Å². The van der Waals surface area contributed by atoms with Gasteiger partial charge in [-0.05, 0) is 25.7 Å². The van der Waals surface area contributed by atoms with Gasteiger partial charge in [0.1, 0.15) is 4.90 Å². The first-order valence-electron chi connectivity index (χ1n) is 6.29. The van der Waals surface area contributed by atoms with Gasteiger partial charge in [-0.2, -0.15) is 5.10 Å². The highest BCUT2D eigenvalue weighted by atomic mass is 32.2. The number of H-pyrrole nitrogens is 1. The van der Waals surface area contributed by atoms with Crippen molar-refractivity contribution in [2.45, 2.75) is 37.2 Å². The molecule has 8 nitrogen and oxygen atoms in total. The molecule has 0 bridgehead atoms. The predicted molar refractivity (Wildman–Crippen MR) is 68.8 cm³/mol. The number of carboxylic acid groups (broad SMARTS) is 1. The number of aliphatic hydroxyl groups is 1. The number of nitrogens with zero attached hydrogens (tertiary/aromatic N) is 1. The molecule has 2 atom stereocenters. The van der Waals surface area contributed by atoms with E-state index < -0.39 is 27.8 Å². The average molecular weight is 303 g/mol. The van der Waals surface area contributed by atoms with Crippen molar-refractivity contribution in [1.29, 1.82) is 0 Å². The van der Waals surface area contributed by atoms with Crippen LogP contribution < -0.4 is 4.72 Å². The second kappa shape index (κ2) is 5.51. The number of aryl methyl sites for hydroxylation is 1. The standard InChI is InChI=1S/C11H17N3O5S/c1-6-10(9(11(16)17)14-13-6)20(18,19)12-5-7-3-2-4-8(7)15/h7-8,12,15H,2-5H2,1H3,(H,13,14)(H,16,17). The maximum atomic E-state index is 12.2. The Kier molecular flexibility index (Phi) is 4.11. The monoisotopic (exact) mass is 303 g/mol. The molecule has 1 aromatic rings. The highest BCUT2D eigenvalue weighted by Crippen LogP contribution is 2.25. The Morgan fingerprint density at radius 1 is 1.50 bits per heavy atom. The van der Waals surface area contributed by atoms with Gasteiger partial charge in [0, 0.05) is 6.54 Å². The molecule has 0 aliphatic heterocycles. The molecule has 0 spiro atoms. The van der Waals surface area contributed by atoms with Crippen LogP contribution in [0.25, 0.3) is 0 Å². The minimum atomic E-state index is -3.97. The van der Waals surface area contributed by atoms with Gasteiger partial charge < -0.3 is 10.2 Å². The molecule has 2 rings (SSSR count). The molecule has 0 aromatic carbocycles. The SMILES string of the molecule is Cc1[nH]nc(C(=O)O)c1S(=O)(=O)NCC1CCCC1O. The summed E-state index contributed by atoms with van der Waals surface area (Å²) < 4.78 is 26.7. The van der Waals surface area contributed by atoms with Crippen molar-refractivity contribution in [3.8, 4) is 0 Å². The second-order valence-electron chi connectivity index (χ2n) is 4.94. The molecule has 2 unspecified atom stereocenters. The third kappa shape index (κ3) is 2.84. The number of nitrogens with one attached hydrogen (secondary N) is 2. The molecule has 1 aliphatic carbocycles. The molecule has 20 heavy (non-hydrogen) atoms. The number of rotatable bonds is 5. The lowest BCUT2D eigenvalue weighted by atomic mass is 10.1. The Labute approximate surface area is 116 Å². The average Bonchev–Trinajstić information content (AvgIpc) is 2.93. The largest absolute Gasteiger partial charge is 0.476 e. The fourth-order valence-electron chi connectivity index (χ4n) is 2.44. The summed E-state index contributed by atoms with van der Waals surface area (Å²) in [5, 5.41) is 24.5. The van der Waals surface area contributed by atoms with Crippen LogP contribution in [0.5, 0.6) is 0 Å². The van der Waals surface area contributed by atoms with E-state index in [0.29, 0.717) is 6.42 Å². The predicted octanol–water partition coefficient (Wildman–Crippen LogP) is -0.144. The molecule has 1 aliphatic rings. The maximum absolute atomic E-state index is 12.2. The summed E-state index contributed by atoms with van der Waals surface area (Å²) in [4.78, 5) is 10.6. The second-order valence-corrected chi connectivity index (χ2v) is 6.65. The van der Waals surface area contributed by atoms with Gasteiger partial charge >= 0.3 is 5.97 Å².